The van der Waals surface area contributed by atoms with Crippen molar-refractivity contribution in [3.8, 4) is 0 Å². The van der Waals surface area contributed by atoms with Crippen molar-refractivity contribution >= 4 is 23.3 Å². The summed E-state index contributed by atoms with van der Waals surface area (Å²) in [6.07, 6.45) is 0. The molecule has 0 fully saturated rings. The Hall–Kier alpha value is -1.22. The standard InChI is InChI=1S/C11H15ClN2O/c1-8(2)7-13-11(15)14-10-5-3-9(12)4-6-10/h3-6,8H,7H2,1-2H3,(H2,13,14,15). The Labute approximate surface area is 94.8 Å². The van der Waals surface area contributed by atoms with Gasteiger partial charge in [-0.1, -0.05) is 25.4 Å². The van der Waals surface area contributed by atoms with E-state index in [9.17, 15) is 4.79 Å². The van der Waals surface area contributed by atoms with Crippen LogP contribution in [0.5, 0.6) is 0 Å². The van der Waals surface area contributed by atoms with Crippen LogP contribution in [0.4, 0.5) is 10.5 Å². The Balaban J connectivity index is 2.41. The summed E-state index contributed by atoms with van der Waals surface area (Å²) in [6, 6.07) is 6.80. The molecule has 0 aliphatic heterocycles. The second-order valence-electron chi connectivity index (χ2n) is 3.74. The summed E-state index contributed by atoms with van der Waals surface area (Å²) in [5.41, 5.74) is 0.737. The van der Waals surface area contributed by atoms with Gasteiger partial charge in [0.1, 0.15) is 0 Å². The fourth-order valence-electron chi connectivity index (χ4n) is 1.01. The number of hydrogen-bond acceptors (Lipinski definition) is 1. The smallest absolute Gasteiger partial charge is 0.319 e. The average Bonchev–Trinajstić information content (AvgIpc) is 2.19. The number of benzene rings is 1. The van der Waals surface area contributed by atoms with Gasteiger partial charge in [0, 0.05) is 17.3 Å². The monoisotopic (exact) mass is 226 g/mol. The van der Waals surface area contributed by atoms with Crippen LogP contribution in [0.15, 0.2) is 24.3 Å². The second-order valence-corrected chi connectivity index (χ2v) is 4.17. The number of carbonyl (C=O) groups is 1. The van der Waals surface area contributed by atoms with Crippen molar-refractivity contribution in [2.45, 2.75) is 13.8 Å². The van der Waals surface area contributed by atoms with Crippen LogP contribution in [-0.2, 0) is 0 Å². The number of halogens is 1. The van der Waals surface area contributed by atoms with E-state index in [1.54, 1.807) is 24.3 Å². The molecule has 0 aromatic heterocycles. The zero-order valence-corrected chi connectivity index (χ0v) is 9.64. The number of amides is 2. The van der Waals surface area contributed by atoms with E-state index in [1.807, 2.05) is 13.8 Å². The van der Waals surface area contributed by atoms with Crippen LogP contribution in [0.25, 0.3) is 0 Å². The molecule has 3 nitrogen and oxygen atoms in total. The molecule has 0 aliphatic rings. The van der Waals surface area contributed by atoms with Crippen LogP contribution < -0.4 is 10.6 Å². The van der Waals surface area contributed by atoms with E-state index >= 15 is 0 Å². The minimum Gasteiger partial charge on any atom is -0.338 e. The van der Waals surface area contributed by atoms with E-state index < -0.39 is 0 Å². The molecule has 1 aromatic rings. The van der Waals surface area contributed by atoms with E-state index in [0.717, 1.165) is 5.69 Å². The van der Waals surface area contributed by atoms with Crippen molar-refractivity contribution < 1.29 is 4.79 Å². The molecule has 4 heteroatoms. The van der Waals surface area contributed by atoms with Crippen molar-refractivity contribution in [2.75, 3.05) is 11.9 Å². The minimum atomic E-state index is -0.189. The first-order valence-electron chi connectivity index (χ1n) is 4.88. The zero-order chi connectivity index (χ0) is 11.3. The number of rotatable bonds is 3. The highest BCUT2D eigenvalue weighted by molar-refractivity contribution is 6.30. The Morgan fingerprint density at radius 3 is 2.47 bits per heavy atom. The van der Waals surface area contributed by atoms with Crippen molar-refractivity contribution in [1.82, 2.24) is 5.32 Å². The fourth-order valence-corrected chi connectivity index (χ4v) is 1.13. The molecular weight excluding hydrogens is 212 g/mol. The summed E-state index contributed by atoms with van der Waals surface area (Å²) in [5, 5.41) is 6.13. The highest BCUT2D eigenvalue weighted by Crippen LogP contribution is 2.12. The Bertz CT molecular complexity index is 322. The molecule has 2 N–H and O–H groups in total. The molecule has 0 spiro atoms. The minimum absolute atomic E-state index is 0.189. The van der Waals surface area contributed by atoms with Gasteiger partial charge in [0.05, 0.1) is 0 Å². The van der Waals surface area contributed by atoms with Gasteiger partial charge in [0.2, 0.25) is 0 Å². The fraction of sp³-hybridized carbons (Fsp3) is 0.364. The lowest BCUT2D eigenvalue weighted by Gasteiger charge is -2.09. The molecule has 82 valence electrons. The number of hydrogen-bond donors (Lipinski definition) is 2. The first kappa shape index (κ1) is 11.9. The quantitative estimate of drug-likeness (QED) is 0.817. The third-order valence-electron chi connectivity index (χ3n) is 1.77. The lowest BCUT2D eigenvalue weighted by atomic mass is 10.2. The Kier molecular flexibility index (Phi) is 4.43. The van der Waals surface area contributed by atoms with Gasteiger partial charge in [-0.2, -0.15) is 0 Å². The van der Waals surface area contributed by atoms with E-state index in [0.29, 0.717) is 17.5 Å². The summed E-state index contributed by atoms with van der Waals surface area (Å²) in [5.74, 6) is 0.445. The van der Waals surface area contributed by atoms with Gasteiger partial charge in [-0.15, -0.1) is 0 Å². The summed E-state index contributed by atoms with van der Waals surface area (Å²) in [4.78, 5) is 11.3. The van der Waals surface area contributed by atoms with E-state index in [4.69, 9.17) is 11.6 Å². The first-order chi connectivity index (χ1) is 7.08. The average molecular weight is 227 g/mol. The molecule has 0 saturated carbocycles. The third kappa shape index (κ3) is 4.70. The SMILES string of the molecule is CC(C)CNC(=O)Nc1ccc(Cl)cc1. The normalized spacial score (nSPS) is 10.1. The highest BCUT2D eigenvalue weighted by atomic mass is 35.5. The van der Waals surface area contributed by atoms with Crippen LogP contribution in [0.1, 0.15) is 13.8 Å². The molecule has 0 saturated heterocycles. The maximum absolute atomic E-state index is 11.3. The van der Waals surface area contributed by atoms with E-state index in [2.05, 4.69) is 10.6 Å². The summed E-state index contributed by atoms with van der Waals surface area (Å²) in [7, 11) is 0. The highest BCUT2D eigenvalue weighted by Gasteiger charge is 2.01. The molecule has 1 aromatic carbocycles. The topological polar surface area (TPSA) is 41.1 Å². The van der Waals surface area contributed by atoms with Crippen LogP contribution in [0, 0.1) is 5.92 Å². The van der Waals surface area contributed by atoms with Crippen molar-refractivity contribution in [3.63, 3.8) is 0 Å². The lowest BCUT2D eigenvalue weighted by Crippen LogP contribution is -2.31. The number of carbonyl (C=O) groups excluding carboxylic acids is 1. The maximum atomic E-state index is 11.3. The van der Waals surface area contributed by atoms with Crippen LogP contribution in [0.2, 0.25) is 5.02 Å². The molecule has 0 heterocycles. The van der Waals surface area contributed by atoms with Gasteiger partial charge in [0.25, 0.3) is 0 Å². The number of urea groups is 1. The van der Waals surface area contributed by atoms with E-state index in [1.165, 1.54) is 0 Å². The largest absolute Gasteiger partial charge is 0.338 e. The predicted octanol–water partition coefficient (Wildman–Crippen LogP) is 3.12. The predicted molar refractivity (Wildman–Crippen MR) is 63.3 cm³/mol. The lowest BCUT2D eigenvalue weighted by molar-refractivity contribution is 0.251. The Morgan fingerprint density at radius 2 is 1.93 bits per heavy atom. The van der Waals surface area contributed by atoms with Gasteiger partial charge in [0.15, 0.2) is 0 Å². The van der Waals surface area contributed by atoms with Gasteiger partial charge in [-0.05, 0) is 30.2 Å². The molecular formula is C11H15ClN2O. The van der Waals surface area contributed by atoms with Crippen LogP contribution in [0.3, 0.4) is 0 Å². The molecule has 0 radical (unpaired) electrons. The van der Waals surface area contributed by atoms with Crippen molar-refractivity contribution in [3.05, 3.63) is 29.3 Å². The molecule has 15 heavy (non-hydrogen) atoms. The number of nitrogens with one attached hydrogen (secondary N) is 2. The van der Waals surface area contributed by atoms with Crippen molar-refractivity contribution in [1.29, 1.82) is 0 Å². The molecule has 0 unspecified atom stereocenters. The number of anilines is 1. The molecule has 1 rings (SSSR count). The van der Waals surface area contributed by atoms with Crippen LogP contribution in [-0.4, -0.2) is 12.6 Å². The van der Waals surface area contributed by atoms with Gasteiger partial charge in [-0.25, -0.2) is 4.79 Å². The second kappa shape index (κ2) is 5.61. The van der Waals surface area contributed by atoms with E-state index in [-0.39, 0.29) is 6.03 Å². The summed E-state index contributed by atoms with van der Waals surface area (Å²) >= 11 is 5.72. The summed E-state index contributed by atoms with van der Waals surface area (Å²) < 4.78 is 0. The third-order valence-corrected chi connectivity index (χ3v) is 2.02. The molecule has 0 atom stereocenters. The van der Waals surface area contributed by atoms with Gasteiger partial charge in [-0.3, -0.25) is 0 Å². The molecule has 0 bridgehead atoms. The van der Waals surface area contributed by atoms with Crippen molar-refractivity contribution in [2.24, 2.45) is 5.92 Å². The Morgan fingerprint density at radius 1 is 1.33 bits per heavy atom. The molecule has 2 amide bonds. The zero-order valence-electron chi connectivity index (χ0n) is 8.88. The molecule has 0 aliphatic carbocycles. The first-order valence-corrected chi connectivity index (χ1v) is 5.26. The van der Waals surface area contributed by atoms with Crippen LogP contribution >= 0.6 is 11.6 Å². The maximum Gasteiger partial charge on any atom is 0.319 e. The summed E-state index contributed by atoms with van der Waals surface area (Å²) in [6.45, 7) is 4.75. The van der Waals surface area contributed by atoms with Gasteiger partial charge >= 0.3 is 6.03 Å². The van der Waals surface area contributed by atoms with Gasteiger partial charge < -0.3 is 10.6 Å².